The summed E-state index contributed by atoms with van der Waals surface area (Å²) in [5.41, 5.74) is 2.04. The third-order valence-corrected chi connectivity index (χ3v) is 8.61. The lowest BCUT2D eigenvalue weighted by Crippen LogP contribution is -2.40. The minimum atomic E-state index is -3.26. The highest BCUT2D eigenvalue weighted by atomic mass is 32.2. The summed E-state index contributed by atoms with van der Waals surface area (Å²) in [5.74, 6) is 0.0597. The summed E-state index contributed by atoms with van der Waals surface area (Å²) in [5, 5.41) is 0.387. The average molecular weight is 502 g/mol. The summed E-state index contributed by atoms with van der Waals surface area (Å²) in [6, 6.07) is 22.6. The number of carbonyl (C=O) groups is 1. The van der Waals surface area contributed by atoms with Crippen LogP contribution in [0, 0.1) is 0 Å². The first-order valence-corrected chi connectivity index (χ1v) is 13.6. The highest BCUT2D eigenvalue weighted by Crippen LogP contribution is 2.41. The number of sulfone groups is 1. The lowest BCUT2D eigenvalue weighted by Gasteiger charge is -2.30. The maximum absolute atomic E-state index is 13.6. The van der Waals surface area contributed by atoms with E-state index in [0.717, 1.165) is 5.56 Å². The van der Waals surface area contributed by atoms with Gasteiger partial charge in [-0.25, -0.2) is 8.42 Å². The van der Waals surface area contributed by atoms with Crippen LogP contribution >= 0.6 is 0 Å². The molecule has 0 spiro atoms. The third kappa shape index (κ3) is 3.87. The molecule has 7 nitrogen and oxygen atoms in total. The summed E-state index contributed by atoms with van der Waals surface area (Å²) < 4.78 is 36.4. The summed E-state index contributed by atoms with van der Waals surface area (Å²) in [6.07, 6.45) is 0.324. The molecule has 0 aliphatic carbocycles. The average Bonchev–Trinajstić information content (AvgIpc) is 3.40. The molecule has 8 heteroatoms. The van der Waals surface area contributed by atoms with Crippen LogP contribution in [0.1, 0.15) is 39.7 Å². The van der Waals surface area contributed by atoms with E-state index in [1.807, 2.05) is 42.5 Å². The van der Waals surface area contributed by atoms with Gasteiger partial charge in [-0.1, -0.05) is 54.6 Å². The molecule has 2 aliphatic rings. The molecule has 6 rings (SSSR count). The number of hydrogen-bond acceptors (Lipinski definition) is 6. The minimum Gasteiger partial charge on any atom is -0.489 e. The van der Waals surface area contributed by atoms with Crippen molar-refractivity contribution in [2.75, 3.05) is 11.5 Å². The maximum Gasteiger partial charge on any atom is 0.291 e. The molecule has 2 aliphatic heterocycles. The van der Waals surface area contributed by atoms with Crippen molar-refractivity contribution in [3.05, 3.63) is 112 Å². The molecule has 0 unspecified atom stereocenters. The molecule has 0 N–H and O–H groups in total. The van der Waals surface area contributed by atoms with Crippen molar-refractivity contribution < 1.29 is 22.4 Å². The molecule has 3 aromatic carbocycles. The number of carbonyl (C=O) groups excluding carboxylic acids is 1. The van der Waals surface area contributed by atoms with Gasteiger partial charge in [-0.15, -0.1) is 0 Å². The number of ether oxygens (including phenoxy) is 1. The van der Waals surface area contributed by atoms with Gasteiger partial charge in [-0.05, 0) is 41.8 Å². The van der Waals surface area contributed by atoms with E-state index in [-0.39, 0.29) is 28.3 Å². The van der Waals surface area contributed by atoms with Crippen molar-refractivity contribution in [3.8, 4) is 5.75 Å². The Bertz CT molecular complexity index is 1630. The molecule has 36 heavy (non-hydrogen) atoms. The van der Waals surface area contributed by atoms with Crippen LogP contribution in [-0.2, 0) is 16.4 Å². The van der Waals surface area contributed by atoms with Crippen molar-refractivity contribution in [1.82, 2.24) is 4.90 Å². The Hall–Kier alpha value is -3.91. The summed E-state index contributed by atoms with van der Waals surface area (Å²) in [7, 11) is -3.26. The van der Waals surface area contributed by atoms with Crippen LogP contribution in [0.15, 0.2) is 88.1 Å². The standard InChI is InChI=1S/C28H23NO6S/c30-26-22-8-4-5-9-23(22)35-27-24(26)25(29(28(27)31)20-14-15-36(32,33)17-20)19-10-12-21(13-11-19)34-16-18-6-2-1-3-7-18/h1-13,20,25H,14-17H2/t20-,25-/m1/s1. The molecule has 2 atom stereocenters. The number of nitrogens with zero attached hydrogens (tertiary/aromatic N) is 1. The van der Waals surface area contributed by atoms with Crippen LogP contribution in [0.4, 0.5) is 0 Å². The SMILES string of the molecule is O=C1c2oc3ccccc3c(=O)c2[C@@H](c2ccc(OCc3ccccc3)cc2)N1[C@@H]1CCS(=O)(=O)C1. The van der Waals surface area contributed by atoms with Crippen LogP contribution < -0.4 is 10.2 Å². The maximum atomic E-state index is 13.6. The van der Waals surface area contributed by atoms with Gasteiger partial charge in [0.1, 0.15) is 17.9 Å². The molecular weight excluding hydrogens is 478 g/mol. The summed E-state index contributed by atoms with van der Waals surface area (Å²) >= 11 is 0. The topological polar surface area (TPSA) is 93.9 Å². The van der Waals surface area contributed by atoms with Gasteiger partial charge in [0.15, 0.2) is 15.3 Å². The molecular formula is C28H23NO6S. The molecule has 1 amide bonds. The van der Waals surface area contributed by atoms with Gasteiger partial charge in [0.2, 0.25) is 5.76 Å². The van der Waals surface area contributed by atoms with E-state index in [1.165, 1.54) is 4.90 Å². The Morgan fingerprint density at radius 1 is 0.917 bits per heavy atom. The Morgan fingerprint density at radius 3 is 2.36 bits per heavy atom. The molecule has 1 fully saturated rings. The van der Waals surface area contributed by atoms with Crippen LogP contribution in [0.25, 0.3) is 11.0 Å². The zero-order chi connectivity index (χ0) is 24.9. The zero-order valence-corrected chi connectivity index (χ0v) is 20.1. The van der Waals surface area contributed by atoms with E-state index in [9.17, 15) is 18.0 Å². The second-order valence-electron chi connectivity index (χ2n) is 9.19. The van der Waals surface area contributed by atoms with Crippen LogP contribution in [0.2, 0.25) is 0 Å². The second-order valence-corrected chi connectivity index (χ2v) is 11.4. The predicted octanol–water partition coefficient (Wildman–Crippen LogP) is 4.10. The Kier molecular flexibility index (Phi) is 5.41. The molecule has 1 saturated heterocycles. The number of amides is 1. The van der Waals surface area contributed by atoms with Crippen LogP contribution in [0.5, 0.6) is 5.75 Å². The Morgan fingerprint density at radius 2 is 1.64 bits per heavy atom. The van der Waals surface area contributed by atoms with E-state index < -0.39 is 27.8 Å². The van der Waals surface area contributed by atoms with Crippen molar-refractivity contribution in [2.24, 2.45) is 0 Å². The lowest BCUT2D eigenvalue weighted by molar-refractivity contribution is 0.0662. The number of fused-ring (bicyclic) bond motifs is 2. The van der Waals surface area contributed by atoms with Gasteiger partial charge in [0.25, 0.3) is 5.91 Å². The number of rotatable bonds is 5. The fraction of sp³-hybridized carbons (Fsp3) is 0.214. The molecule has 3 heterocycles. The molecule has 0 bridgehead atoms. The molecule has 0 saturated carbocycles. The first-order valence-electron chi connectivity index (χ1n) is 11.8. The largest absolute Gasteiger partial charge is 0.489 e. The normalized spacial score (nSPS) is 20.6. The molecule has 4 aromatic rings. The van der Waals surface area contributed by atoms with E-state index in [0.29, 0.717) is 35.3 Å². The first-order chi connectivity index (χ1) is 17.4. The Balaban J connectivity index is 1.41. The fourth-order valence-electron chi connectivity index (χ4n) is 5.12. The number of hydrogen-bond donors (Lipinski definition) is 0. The van der Waals surface area contributed by atoms with Gasteiger partial charge in [-0.3, -0.25) is 9.59 Å². The van der Waals surface area contributed by atoms with Gasteiger partial charge < -0.3 is 14.1 Å². The summed E-state index contributed by atoms with van der Waals surface area (Å²) in [6.45, 7) is 0.409. The fourth-order valence-corrected chi connectivity index (χ4v) is 6.83. The predicted molar refractivity (Wildman–Crippen MR) is 135 cm³/mol. The highest BCUT2D eigenvalue weighted by molar-refractivity contribution is 7.91. The van der Waals surface area contributed by atoms with Gasteiger partial charge >= 0.3 is 0 Å². The van der Waals surface area contributed by atoms with Gasteiger partial charge in [0.05, 0.1) is 28.5 Å². The van der Waals surface area contributed by atoms with Crippen LogP contribution in [0.3, 0.4) is 0 Å². The van der Waals surface area contributed by atoms with E-state index in [4.69, 9.17) is 9.15 Å². The van der Waals surface area contributed by atoms with Crippen molar-refractivity contribution in [3.63, 3.8) is 0 Å². The zero-order valence-electron chi connectivity index (χ0n) is 19.3. The number of para-hydroxylation sites is 1. The van der Waals surface area contributed by atoms with Crippen molar-refractivity contribution >= 4 is 26.7 Å². The monoisotopic (exact) mass is 501 g/mol. The smallest absolute Gasteiger partial charge is 0.291 e. The third-order valence-electron chi connectivity index (χ3n) is 6.86. The second kappa shape index (κ2) is 8.64. The van der Waals surface area contributed by atoms with Crippen molar-refractivity contribution in [1.29, 1.82) is 0 Å². The molecule has 1 aromatic heterocycles. The molecule has 0 radical (unpaired) electrons. The van der Waals surface area contributed by atoms with Gasteiger partial charge in [-0.2, -0.15) is 0 Å². The van der Waals surface area contributed by atoms with E-state index in [1.54, 1.807) is 36.4 Å². The quantitative estimate of drug-likeness (QED) is 0.409. The van der Waals surface area contributed by atoms with E-state index >= 15 is 0 Å². The summed E-state index contributed by atoms with van der Waals surface area (Å²) in [4.78, 5) is 28.7. The molecule has 182 valence electrons. The first kappa shape index (κ1) is 22.5. The van der Waals surface area contributed by atoms with Gasteiger partial charge in [0, 0.05) is 6.04 Å². The van der Waals surface area contributed by atoms with Crippen LogP contribution in [-0.4, -0.2) is 36.8 Å². The highest BCUT2D eigenvalue weighted by Gasteiger charge is 2.48. The van der Waals surface area contributed by atoms with E-state index in [2.05, 4.69) is 0 Å². The Labute approximate surface area is 207 Å². The minimum absolute atomic E-state index is 0.0140. The van der Waals surface area contributed by atoms with Crippen molar-refractivity contribution in [2.45, 2.75) is 25.1 Å². The lowest BCUT2D eigenvalue weighted by atomic mass is 9.97. The number of benzene rings is 3.